The van der Waals surface area contributed by atoms with Crippen LogP contribution in [0.4, 0.5) is 5.69 Å². The van der Waals surface area contributed by atoms with Crippen molar-refractivity contribution >= 4 is 5.69 Å². The van der Waals surface area contributed by atoms with Gasteiger partial charge < -0.3 is 15.2 Å². The number of benzene rings is 2. The largest absolute Gasteiger partial charge is 0.497 e. The van der Waals surface area contributed by atoms with Crippen molar-refractivity contribution in [3.05, 3.63) is 42.5 Å². The molecule has 0 amide bonds. The van der Waals surface area contributed by atoms with Crippen LogP contribution in [0.15, 0.2) is 42.5 Å². The van der Waals surface area contributed by atoms with E-state index in [2.05, 4.69) is 0 Å². The molecule has 0 aliphatic carbocycles. The van der Waals surface area contributed by atoms with Gasteiger partial charge in [-0.05, 0) is 42.3 Å². The average Bonchev–Trinajstić information content (AvgIpc) is 2.41. The lowest BCUT2D eigenvalue weighted by Gasteiger charge is -2.09. The fourth-order valence-electron chi connectivity index (χ4n) is 1.80. The molecule has 94 valence electrons. The van der Waals surface area contributed by atoms with Gasteiger partial charge in [-0.2, -0.15) is 0 Å². The van der Waals surface area contributed by atoms with E-state index in [9.17, 15) is 0 Å². The topological polar surface area (TPSA) is 44.5 Å². The molecule has 0 saturated heterocycles. The Morgan fingerprint density at radius 2 is 1.67 bits per heavy atom. The summed E-state index contributed by atoms with van der Waals surface area (Å²) in [5.41, 5.74) is 8.78. The predicted molar refractivity (Wildman–Crippen MR) is 74.0 cm³/mol. The van der Waals surface area contributed by atoms with E-state index in [1.54, 1.807) is 7.11 Å². The quantitative estimate of drug-likeness (QED) is 0.837. The van der Waals surface area contributed by atoms with E-state index in [0.29, 0.717) is 12.3 Å². The zero-order valence-corrected chi connectivity index (χ0v) is 10.6. The van der Waals surface area contributed by atoms with Gasteiger partial charge in [0.15, 0.2) is 0 Å². The number of rotatable bonds is 4. The maximum atomic E-state index is 5.95. The van der Waals surface area contributed by atoms with Crippen molar-refractivity contribution < 1.29 is 9.47 Å². The number of ether oxygens (including phenoxy) is 2. The molecule has 0 fully saturated rings. The average molecular weight is 243 g/mol. The maximum Gasteiger partial charge on any atom is 0.142 e. The number of anilines is 1. The minimum absolute atomic E-state index is 0.617. The van der Waals surface area contributed by atoms with Gasteiger partial charge in [0.05, 0.1) is 19.4 Å². The molecule has 2 aromatic rings. The Bertz CT molecular complexity index is 521. The molecule has 2 N–H and O–H groups in total. The van der Waals surface area contributed by atoms with Gasteiger partial charge in [-0.25, -0.2) is 0 Å². The Hall–Kier alpha value is -2.16. The molecule has 0 saturated carbocycles. The lowest BCUT2D eigenvalue weighted by atomic mass is 10.0. The summed E-state index contributed by atoms with van der Waals surface area (Å²) < 4.78 is 10.6. The third kappa shape index (κ3) is 2.56. The molecule has 3 heteroatoms. The summed E-state index contributed by atoms with van der Waals surface area (Å²) in [5, 5.41) is 0. The van der Waals surface area contributed by atoms with Crippen molar-refractivity contribution in [1.29, 1.82) is 0 Å². The summed E-state index contributed by atoms with van der Waals surface area (Å²) in [5.74, 6) is 1.58. The second-order valence-corrected chi connectivity index (χ2v) is 3.91. The number of nitrogens with two attached hydrogens (primary N) is 1. The van der Waals surface area contributed by atoms with Crippen LogP contribution < -0.4 is 15.2 Å². The molecule has 0 atom stereocenters. The molecule has 0 radical (unpaired) electrons. The Kier molecular flexibility index (Phi) is 3.72. The van der Waals surface area contributed by atoms with Crippen LogP contribution in [0, 0.1) is 0 Å². The summed E-state index contributed by atoms with van der Waals surface area (Å²) in [6, 6.07) is 13.7. The van der Waals surface area contributed by atoms with Gasteiger partial charge in [0.25, 0.3) is 0 Å². The molecule has 0 aromatic heterocycles. The van der Waals surface area contributed by atoms with E-state index in [0.717, 1.165) is 22.6 Å². The highest BCUT2D eigenvalue weighted by molar-refractivity contribution is 5.71. The first-order chi connectivity index (χ1) is 8.74. The van der Waals surface area contributed by atoms with E-state index in [1.165, 1.54) is 0 Å². The first-order valence-electron chi connectivity index (χ1n) is 5.91. The Labute approximate surface area is 107 Å². The minimum Gasteiger partial charge on any atom is -0.497 e. The van der Waals surface area contributed by atoms with E-state index in [-0.39, 0.29) is 0 Å². The van der Waals surface area contributed by atoms with Crippen LogP contribution in [0.5, 0.6) is 11.5 Å². The highest BCUT2D eigenvalue weighted by Crippen LogP contribution is 2.29. The molecule has 2 rings (SSSR count). The molecule has 0 aliphatic rings. The van der Waals surface area contributed by atoms with E-state index >= 15 is 0 Å². The molecule has 0 bridgehead atoms. The summed E-state index contributed by atoms with van der Waals surface area (Å²) >= 11 is 0. The van der Waals surface area contributed by atoms with Crippen molar-refractivity contribution in [3.63, 3.8) is 0 Å². The van der Waals surface area contributed by atoms with Crippen LogP contribution in [-0.4, -0.2) is 13.7 Å². The second kappa shape index (κ2) is 5.45. The Balaban J connectivity index is 2.30. The Morgan fingerprint density at radius 3 is 2.22 bits per heavy atom. The van der Waals surface area contributed by atoms with Crippen molar-refractivity contribution in [2.75, 3.05) is 19.5 Å². The molecule has 0 unspecified atom stereocenters. The number of hydrogen-bond acceptors (Lipinski definition) is 3. The molecule has 3 nitrogen and oxygen atoms in total. The molecule has 0 heterocycles. The molecule has 0 aliphatic heterocycles. The van der Waals surface area contributed by atoms with Crippen molar-refractivity contribution in [2.45, 2.75) is 6.92 Å². The van der Waals surface area contributed by atoms with Gasteiger partial charge in [-0.15, -0.1) is 0 Å². The van der Waals surface area contributed by atoms with Crippen LogP contribution in [0.3, 0.4) is 0 Å². The van der Waals surface area contributed by atoms with Gasteiger partial charge in [0.1, 0.15) is 11.5 Å². The minimum atomic E-state index is 0.617. The summed E-state index contributed by atoms with van der Waals surface area (Å²) in [4.78, 5) is 0. The maximum absolute atomic E-state index is 5.95. The zero-order valence-electron chi connectivity index (χ0n) is 10.6. The SMILES string of the molecule is CCOc1ccc(-c2ccc(OC)cc2)cc1N. The summed E-state index contributed by atoms with van der Waals surface area (Å²) in [6.45, 7) is 2.56. The van der Waals surface area contributed by atoms with Gasteiger partial charge in [0, 0.05) is 0 Å². The van der Waals surface area contributed by atoms with Gasteiger partial charge in [0.2, 0.25) is 0 Å². The van der Waals surface area contributed by atoms with Crippen molar-refractivity contribution in [3.8, 4) is 22.6 Å². The standard InChI is InChI=1S/C15H17NO2/c1-3-18-15-9-6-12(10-14(15)16)11-4-7-13(17-2)8-5-11/h4-10H,3,16H2,1-2H3. The normalized spacial score (nSPS) is 10.1. The molecule has 18 heavy (non-hydrogen) atoms. The van der Waals surface area contributed by atoms with Crippen LogP contribution in [-0.2, 0) is 0 Å². The Morgan fingerprint density at radius 1 is 1.00 bits per heavy atom. The van der Waals surface area contributed by atoms with E-state index < -0.39 is 0 Å². The zero-order chi connectivity index (χ0) is 13.0. The number of methoxy groups -OCH3 is 1. The first kappa shape index (κ1) is 12.3. The van der Waals surface area contributed by atoms with Crippen LogP contribution in [0.2, 0.25) is 0 Å². The van der Waals surface area contributed by atoms with Crippen LogP contribution in [0.25, 0.3) is 11.1 Å². The smallest absolute Gasteiger partial charge is 0.142 e. The number of hydrogen-bond donors (Lipinski definition) is 1. The number of nitrogen functional groups attached to an aromatic ring is 1. The first-order valence-corrected chi connectivity index (χ1v) is 5.91. The molecular formula is C15H17NO2. The van der Waals surface area contributed by atoms with E-state index in [4.69, 9.17) is 15.2 Å². The molecule has 0 spiro atoms. The highest BCUT2D eigenvalue weighted by atomic mass is 16.5. The second-order valence-electron chi connectivity index (χ2n) is 3.91. The fourth-order valence-corrected chi connectivity index (χ4v) is 1.80. The van der Waals surface area contributed by atoms with Crippen molar-refractivity contribution in [1.82, 2.24) is 0 Å². The van der Waals surface area contributed by atoms with Crippen LogP contribution in [0.1, 0.15) is 6.92 Å². The summed E-state index contributed by atoms with van der Waals surface area (Å²) in [6.07, 6.45) is 0. The lowest BCUT2D eigenvalue weighted by molar-refractivity contribution is 0.342. The van der Waals surface area contributed by atoms with Gasteiger partial charge >= 0.3 is 0 Å². The molecule has 2 aromatic carbocycles. The predicted octanol–water partition coefficient (Wildman–Crippen LogP) is 3.34. The summed E-state index contributed by atoms with van der Waals surface area (Å²) in [7, 11) is 1.66. The molecular weight excluding hydrogens is 226 g/mol. The monoisotopic (exact) mass is 243 g/mol. The fraction of sp³-hybridized carbons (Fsp3) is 0.200. The highest BCUT2D eigenvalue weighted by Gasteiger charge is 2.03. The van der Waals surface area contributed by atoms with Gasteiger partial charge in [-0.3, -0.25) is 0 Å². The van der Waals surface area contributed by atoms with E-state index in [1.807, 2.05) is 49.4 Å². The third-order valence-electron chi connectivity index (χ3n) is 2.73. The lowest BCUT2D eigenvalue weighted by Crippen LogP contribution is -1.96. The van der Waals surface area contributed by atoms with Crippen molar-refractivity contribution in [2.24, 2.45) is 0 Å². The van der Waals surface area contributed by atoms with Crippen LogP contribution >= 0.6 is 0 Å². The third-order valence-corrected chi connectivity index (χ3v) is 2.73. The van der Waals surface area contributed by atoms with Gasteiger partial charge in [-0.1, -0.05) is 18.2 Å².